The van der Waals surface area contributed by atoms with Gasteiger partial charge in [0, 0.05) is 39.8 Å². The van der Waals surface area contributed by atoms with Crippen LogP contribution in [0.1, 0.15) is 46.5 Å². The van der Waals surface area contributed by atoms with Gasteiger partial charge in [-0.1, -0.05) is 0 Å². The fourth-order valence-corrected chi connectivity index (χ4v) is 3.86. The van der Waals surface area contributed by atoms with Crippen molar-refractivity contribution in [1.82, 2.24) is 14.7 Å². The van der Waals surface area contributed by atoms with Gasteiger partial charge in [0.15, 0.2) is 0 Å². The Hall–Kier alpha value is -0.850. The molecule has 146 valence electrons. The monoisotopic (exact) mass is 355 g/mol. The molecule has 1 N–H and O–H groups in total. The van der Waals surface area contributed by atoms with E-state index in [0.717, 1.165) is 58.4 Å². The summed E-state index contributed by atoms with van der Waals surface area (Å²) in [6, 6.07) is 0. The second-order valence-electron chi connectivity index (χ2n) is 8.89. The first-order valence-electron chi connectivity index (χ1n) is 9.70. The number of hydrogen-bond donors (Lipinski definition) is 1. The maximum atomic E-state index is 12.1. The Morgan fingerprint density at radius 2 is 1.72 bits per heavy atom. The van der Waals surface area contributed by atoms with Crippen LogP contribution >= 0.6 is 0 Å². The number of ether oxygens (including phenoxy) is 1. The van der Waals surface area contributed by atoms with Crippen LogP contribution in [-0.4, -0.2) is 84.5 Å². The average molecular weight is 356 g/mol. The normalized spacial score (nSPS) is 27.8. The summed E-state index contributed by atoms with van der Waals surface area (Å²) in [5, 5.41) is 10.7. The Bertz CT molecular complexity index is 422. The third kappa shape index (κ3) is 6.42. The van der Waals surface area contributed by atoms with Gasteiger partial charge in [-0.15, -0.1) is 0 Å². The van der Waals surface area contributed by atoms with Crippen LogP contribution in [0.4, 0.5) is 4.79 Å². The highest BCUT2D eigenvalue weighted by Crippen LogP contribution is 2.32. The topological polar surface area (TPSA) is 56.2 Å². The van der Waals surface area contributed by atoms with Crippen molar-refractivity contribution in [2.24, 2.45) is 11.8 Å². The molecule has 0 bridgehead atoms. The van der Waals surface area contributed by atoms with Crippen molar-refractivity contribution < 1.29 is 14.6 Å². The van der Waals surface area contributed by atoms with Crippen LogP contribution in [-0.2, 0) is 4.74 Å². The van der Waals surface area contributed by atoms with Gasteiger partial charge in [-0.3, -0.25) is 4.90 Å². The minimum atomic E-state index is -0.449. The predicted octanol–water partition coefficient (Wildman–Crippen LogP) is 2.23. The molecular formula is C19H37N3O3. The average Bonchev–Trinajstić information content (AvgIpc) is 2.54. The van der Waals surface area contributed by atoms with E-state index in [9.17, 15) is 9.90 Å². The molecular weight excluding hydrogens is 318 g/mol. The molecule has 1 aliphatic heterocycles. The zero-order chi connectivity index (χ0) is 18.6. The number of rotatable bonds is 4. The van der Waals surface area contributed by atoms with Crippen LogP contribution in [0.3, 0.4) is 0 Å². The highest BCUT2D eigenvalue weighted by Gasteiger charge is 2.32. The summed E-state index contributed by atoms with van der Waals surface area (Å²) in [6.45, 7) is 10.4. The third-order valence-corrected chi connectivity index (χ3v) is 5.46. The lowest BCUT2D eigenvalue weighted by atomic mass is 9.80. The molecule has 2 fully saturated rings. The van der Waals surface area contributed by atoms with Crippen molar-refractivity contribution in [2.45, 2.75) is 58.3 Å². The number of likely N-dealkylation sites (N-methyl/N-ethyl adjacent to an activating group) is 1. The van der Waals surface area contributed by atoms with Crippen molar-refractivity contribution in [3.05, 3.63) is 0 Å². The van der Waals surface area contributed by atoms with E-state index < -0.39 is 5.60 Å². The molecule has 1 saturated heterocycles. The SMILES string of the molecule is CN1CCN(C(O)[C@H]2CC[C@H](CN(C)C(=O)OC(C)(C)C)CC2)CC1. The summed E-state index contributed by atoms with van der Waals surface area (Å²) in [7, 11) is 3.95. The molecule has 1 unspecified atom stereocenters. The molecule has 25 heavy (non-hydrogen) atoms. The Morgan fingerprint density at radius 1 is 1.16 bits per heavy atom. The van der Waals surface area contributed by atoms with E-state index in [1.807, 2.05) is 27.8 Å². The highest BCUT2D eigenvalue weighted by atomic mass is 16.6. The number of nitrogens with zero attached hydrogens (tertiary/aromatic N) is 3. The summed E-state index contributed by atoms with van der Waals surface area (Å²) in [5.74, 6) is 0.875. The lowest BCUT2D eigenvalue weighted by molar-refractivity contribution is -0.0710. The van der Waals surface area contributed by atoms with Crippen molar-refractivity contribution >= 4 is 6.09 Å². The quantitative estimate of drug-likeness (QED) is 0.838. The van der Waals surface area contributed by atoms with Crippen LogP contribution in [0.5, 0.6) is 0 Å². The molecule has 1 aliphatic carbocycles. The van der Waals surface area contributed by atoms with Crippen molar-refractivity contribution in [2.75, 3.05) is 46.8 Å². The first kappa shape index (κ1) is 20.5. The summed E-state index contributed by atoms with van der Waals surface area (Å²) < 4.78 is 5.42. The minimum Gasteiger partial charge on any atom is -0.444 e. The maximum Gasteiger partial charge on any atom is 0.410 e. The number of amides is 1. The number of aliphatic hydroxyl groups is 1. The molecule has 1 saturated carbocycles. The van der Waals surface area contributed by atoms with E-state index in [1.54, 1.807) is 4.90 Å². The molecule has 0 radical (unpaired) electrons. The molecule has 0 aromatic carbocycles. The van der Waals surface area contributed by atoms with Gasteiger partial charge in [0.25, 0.3) is 0 Å². The van der Waals surface area contributed by atoms with Gasteiger partial charge in [0.2, 0.25) is 0 Å². The molecule has 0 spiro atoms. The van der Waals surface area contributed by atoms with Crippen LogP contribution in [0.25, 0.3) is 0 Å². The first-order chi connectivity index (χ1) is 11.7. The molecule has 1 atom stereocenters. The van der Waals surface area contributed by atoms with Gasteiger partial charge in [-0.2, -0.15) is 0 Å². The standard InChI is InChI=1S/C19H37N3O3/c1-19(2,3)25-18(24)21(5)14-15-6-8-16(9-7-15)17(23)22-12-10-20(4)11-13-22/h15-17,23H,6-14H2,1-5H3/t15-,16-,17?. The largest absolute Gasteiger partial charge is 0.444 e. The Labute approximate surface area is 153 Å². The molecule has 1 heterocycles. The fourth-order valence-electron chi connectivity index (χ4n) is 3.86. The lowest BCUT2D eigenvalue weighted by Gasteiger charge is -2.41. The predicted molar refractivity (Wildman–Crippen MR) is 99.4 cm³/mol. The van der Waals surface area contributed by atoms with E-state index in [4.69, 9.17) is 4.74 Å². The number of aliphatic hydroxyl groups excluding tert-OH is 1. The summed E-state index contributed by atoms with van der Waals surface area (Å²) in [6.07, 6.45) is 3.68. The van der Waals surface area contributed by atoms with Crippen LogP contribution in [0.15, 0.2) is 0 Å². The number of piperazine rings is 1. The fraction of sp³-hybridized carbons (Fsp3) is 0.947. The van der Waals surface area contributed by atoms with Gasteiger partial charge >= 0.3 is 6.09 Å². The van der Waals surface area contributed by atoms with E-state index in [1.165, 1.54) is 0 Å². The summed E-state index contributed by atoms with van der Waals surface area (Å²) in [4.78, 5) is 18.3. The minimum absolute atomic E-state index is 0.243. The molecule has 2 aliphatic rings. The van der Waals surface area contributed by atoms with E-state index >= 15 is 0 Å². The lowest BCUT2D eigenvalue weighted by Crippen LogP contribution is -2.51. The summed E-state index contributed by atoms with van der Waals surface area (Å²) in [5.41, 5.74) is -0.449. The number of carbonyl (C=O) groups is 1. The van der Waals surface area contributed by atoms with Gasteiger partial charge < -0.3 is 19.6 Å². The Morgan fingerprint density at radius 3 is 2.24 bits per heavy atom. The third-order valence-electron chi connectivity index (χ3n) is 5.46. The van der Waals surface area contributed by atoms with Gasteiger partial charge in [-0.05, 0) is 65.3 Å². The zero-order valence-corrected chi connectivity index (χ0v) is 16.7. The highest BCUT2D eigenvalue weighted by molar-refractivity contribution is 5.67. The molecule has 2 rings (SSSR count). The van der Waals surface area contributed by atoms with E-state index in [-0.39, 0.29) is 12.3 Å². The van der Waals surface area contributed by atoms with Crippen LogP contribution in [0.2, 0.25) is 0 Å². The maximum absolute atomic E-state index is 12.1. The van der Waals surface area contributed by atoms with E-state index in [0.29, 0.717) is 11.8 Å². The zero-order valence-electron chi connectivity index (χ0n) is 16.7. The van der Waals surface area contributed by atoms with Crippen molar-refractivity contribution in [3.63, 3.8) is 0 Å². The second kappa shape index (κ2) is 8.69. The summed E-state index contributed by atoms with van der Waals surface area (Å²) >= 11 is 0. The van der Waals surface area contributed by atoms with Gasteiger partial charge in [-0.25, -0.2) is 4.79 Å². The second-order valence-corrected chi connectivity index (χ2v) is 8.89. The van der Waals surface area contributed by atoms with Crippen LogP contribution in [0, 0.1) is 11.8 Å². The van der Waals surface area contributed by atoms with Gasteiger partial charge in [0.05, 0.1) is 0 Å². The van der Waals surface area contributed by atoms with Gasteiger partial charge in [0.1, 0.15) is 11.8 Å². The van der Waals surface area contributed by atoms with Crippen molar-refractivity contribution in [3.8, 4) is 0 Å². The van der Waals surface area contributed by atoms with Crippen LogP contribution < -0.4 is 0 Å². The number of hydrogen-bond acceptors (Lipinski definition) is 5. The molecule has 6 nitrogen and oxygen atoms in total. The Kier molecular flexibility index (Phi) is 7.11. The van der Waals surface area contributed by atoms with Crippen molar-refractivity contribution in [1.29, 1.82) is 0 Å². The molecule has 0 aromatic rings. The van der Waals surface area contributed by atoms with E-state index in [2.05, 4.69) is 16.8 Å². The molecule has 1 amide bonds. The molecule has 6 heteroatoms. The first-order valence-corrected chi connectivity index (χ1v) is 9.70. The Balaban J connectivity index is 1.73. The smallest absolute Gasteiger partial charge is 0.410 e. The molecule has 0 aromatic heterocycles. The number of carbonyl (C=O) groups excluding carboxylic acids is 1.